The third-order valence-corrected chi connectivity index (χ3v) is 3.85. The van der Waals surface area contributed by atoms with Crippen molar-refractivity contribution in [2.45, 2.75) is 39.7 Å². The Morgan fingerprint density at radius 2 is 2.32 bits per heavy atom. The summed E-state index contributed by atoms with van der Waals surface area (Å²) >= 11 is 0. The number of nitrogens with two attached hydrogens (primary N) is 1. The maximum Gasteiger partial charge on any atom is 0.272 e. The molecule has 0 bridgehead atoms. The van der Waals surface area contributed by atoms with Crippen molar-refractivity contribution in [3.8, 4) is 0 Å². The zero-order valence-corrected chi connectivity index (χ0v) is 11.9. The van der Waals surface area contributed by atoms with Crippen LogP contribution in [0.15, 0.2) is 6.07 Å². The molecule has 2 heterocycles. The second kappa shape index (κ2) is 6.19. The molecule has 1 unspecified atom stereocenters. The lowest BCUT2D eigenvalue weighted by Crippen LogP contribution is -2.42. The van der Waals surface area contributed by atoms with Crippen LogP contribution >= 0.6 is 0 Å². The van der Waals surface area contributed by atoms with Gasteiger partial charge < -0.3 is 10.6 Å². The molecule has 1 aliphatic heterocycles. The number of carbonyl (C=O) groups is 1. The minimum Gasteiger partial charge on any atom is -0.337 e. The number of hydrogen-bond acceptors (Lipinski definition) is 3. The number of carbonyl (C=O) groups excluding carboxylic acids is 1. The van der Waals surface area contributed by atoms with Crippen LogP contribution in [0, 0.1) is 5.92 Å². The second-order valence-electron chi connectivity index (χ2n) is 5.19. The molecule has 0 spiro atoms. The lowest BCUT2D eigenvalue weighted by Gasteiger charge is -2.32. The smallest absolute Gasteiger partial charge is 0.272 e. The first kappa shape index (κ1) is 14.1. The molecule has 1 aromatic heterocycles. The van der Waals surface area contributed by atoms with Crippen LogP contribution in [-0.2, 0) is 13.0 Å². The Kier molecular flexibility index (Phi) is 4.58. The molecule has 2 N–H and O–H groups in total. The van der Waals surface area contributed by atoms with E-state index in [1.54, 1.807) is 0 Å². The molecule has 19 heavy (non-hydrogen) atoms. The van der Waals surface area contributed by atoms with Crippen LogP contribution in [0.25, 0.3) is 0 Å². The van der Waals surface area contributed by atoms with Gasteiger partial charge in [0.2, 0.25) is 0 Å². The molecule has 5 nitrogen and oxygen atoms in total. The van der Waals surface area contributed by atoms with Crippen molar-refractivity contribution in [3.63, 3.8) is 0 Å². The Morgan fingerprint density at radius 1 is 1.53 bits per heavy atom. The lowest BCUT2D eigenvalue weighted by atomic mass is 9.98. The fraction of sp³-hybridized carbons (Fsp3) is 0.714. The monoisotopic (exact) mass is 264 g/mol. The van der Waals surface area contributed by atoms with Gasteiger partial charge in [0.25, 0.3) is 5.91 Å². The van der Waals surface area contributed by atoms with E-state index in [2.05, 4.69) is 12.0 Å². The van der Waals surface area contributed by atoms with E-state index in [1.807, 2.05) is 22.6 Å². The van der Waals surface area contributed by atoms with E-state index in [1.165, 1.54) is 0 Å². The lowest BCUT2D eigenvalue weighted by molar-refractivity contribution is 0.0665. The minimum absolute atomic E-state index is 0.104. The maximum absolute atomic E-state index is 12.6. The highest BCUT2D eigenvalue weighted by atomic mass is 16.2. The highest BCUT2D eigenvalue weighted by Gasteiger charge is 2.26. The zero-order valence-electron chi connectivity index (χ0n) is 11.9. The van der Waals surface area contributed by atoms with Crippen molar-refractivity contribution >= 4 is 5.91 Å². The van der Waals surface area contributed by atoms with Gasteiger partial charge in [-0.25, -0.2) is 0 Å². The SMILES string of the molecule is CCc1cc(C(=O)N2CCCC(CN)C2)n(CC)n1. The summed E-state index contributed by atoms with van der Waals surface area (Å²) in [4.78, 5) is 14.5. The molecule has 2 rings (SSSR count). The molecule has 1 amide bonds. The Morgan fingerprint density at radius 3 is 2.95 bits per heavy atom. The molecule has 1 atom stereocenters. The van der Waals surface area contributed by atoms with Gasteiger partial charge in [-0.05, 0) is 44.7 Å². The summed E-state index contributed by atoms with van der Waals surface area (Å²) in [6.45, 7) is 7.09. The van der Waals surface area contributed by atoms with Gasteiger partial charge in [0, 0.05) is 19.6 Å². The standard InChI is InChI=1S/C14H24N4O/c1-3-12-8-13(18(4-2)16-12)14(19)17-7-5-6-11(9-15)10-17/h8,11H,3-7,9-10,15H2,1-2H3. The Bertz CT molecular complexity index is 441. The van der Waals surface area contributed by atoms with E-state index >= 15 is 0 Å². The summed E-state index contributed by atoms with van der Waals surface area (Å²) in [6, 6.07) is 1.93. The van der Waals surface area contributed by atoms with Gasteiger partial charge in [-0.1, -0.05) is 6.92 Å². The first-order valence-corrected chi connectivity index (χ1v) is 7.25. The summed E-state index contributed by atoms with van der Waals surface area (Å²) < 4.78 is 1.81. The average molecular weight is 264 g/mol. The van der Waals surface area contributed by atoms with Gasteiger partial charge in [0.1, 0.15) is 5.69 Å². The van der Waals surface area contributed by atoms with Crippen molar-refractivity contribution in [2.24, 2.45) is 11.7 Å². The van der Waals surface area contributed by atoms with Crippen LogP contribution in [0.2, 0.25) is 0 Å². The number of aromatic nitrogens is 2. The number of hydrogen-bond donors (Lipinski definition) is 1. The third-order valence-electron chi connectivity index (χ3n) is 3.85. The first-order chi connectivity index (χ1) is 9.19. The van der Waals surface area contributed by atoms with Crippen LogP contribution in [-0.4, -0.2) is 40.2 Å². The fourth-order valence-corrected chi connectivity index (χ4v) is 2.66. The van der Waals surface area contributed by atoms with Gasteiger partial charge in [0.15, 0.2) is 0 Å². The molecule has 0 aromatic carbocycles. The second-order valence-corrected chi connectivity index (χ2v) is 5.19. The number of piperidine rings is 1. The van der Waals surface area contributed by atoms with Crippen molar-refractivity contribution in [3.05, 3.63) is 17.5 Å². The number of aryl methyl sites for hydroxylation is 2. The molecule has 0 aliphatic carbocycles. The summed E-state index contributed by atoms with van der Waals surface area (Å²) in [5.74, 6) is 0.550. The van der Waals surface area contributed by atoms with E-state index in [0.717, 1.165) is 50.3 Å². The molecule has 1 saturated heterocycles. The summed E-state index contributed by atoms with van der Waals surface area (Å²) in [5.41, 5.74) is 7.43. The normalized spacial score (nSPS) is 19.7. The molecular formula is C14H24N4O. The van der Waals surface area contributed by atoms with E-state index in [-0.39, 0.29) is 5.91 Å². The van der Waals surface area contributed by atoms with E-state index in [0.29, 0.717) is 12.5 Å². The molecule has 106 valence electrons. The Labute approximate surface area is 114 Å². The molecule has 5 heteroatoms. The predicted octanol–water partition coefficient (Wildman–Crippen LogP) is 1.28. The molecule has 0 radical (unpaired) electrons. The maximum atomic E-state index is 12.6. The average Bonchev–Trinajstić information content (AvgIpc) is 2.89. The third kappa shape index (κ3) is 2.97. The van der Waals surface area contributed by atoms with Crippen molar-refractivity contribution in [1.29, 1.82) is 0 Å². The Hall–Kier alpha value is -1.36. The van der Waals surface area contributed by atoms with Crippen molar-refractivity contribution in [2.75, 3.05) is 19.6 Å². The van der Waals surface area contributed by atoms with Crippen LogP contribution in [0.1, 0.15) is 42.9 Å². The van der Waals surface area contributed by atoms with Crippen LogP contribution in [0.3, 0.4) is 0 Å². The molecule has 1 aliphatic rings. The Balaban J connectivity index is 2.16. The molecular weight excluding hydrogens is 240 g/mol. The van der Waals surface area contributed by atoms with Gasteiger partial charge >= 0.3 is 0 Å². The highest BCUT2D eigenvalue weighted by Crippen LogP contribution is 2.18. The van der Waals surface area contributed by atoms with Crippen molar-refractivity contribution < 1.29 is 4.79 Å². The van der Waals surface area contributed by atoms with Gasteiger partial charge in [-0.3, -0.25) is 9.48 Å². The highest BCUT2D eigenvalue weighted by molar-refractivity contribution is 5.92. The quantitative estimate of drug-likeness (QED) is 0.891. The number of rotatable bonds is 4. The largest absolute Gasteiger partial charge is 0.337 e. The summed E-state index contributed by atoms with van der Waals surface area (Å²) in [6.07, 6.45) is 3.04. The van der Waals surface area contributed by atoms with E-state index < -0.39 is 0 Å². The number of nitrogens with zero attached hydrogens (tertiary/aromatic N) is 3. The first-order valence-electron chi connectivity index (χ1n) is 7.25. The van der Waals surface area contributed by atoms with Gasteiger partial charge in [0.05, 0.1) is 5.69 Å². The molecule has 1 fully saturated rings. The number of amides is 1. The molecule has 0 saturated carbocycles. The molecule has 1 aromatic rings. The number of likely N-dealkylation sites (tertiary alicyclic amines) is 1. The predicted molar refractivity (Wildman–Crippen MR) is 75.0 cm³/mol. The van der Waals surface area contributed by atoms with Crippen LogP contribution < -0.4 is 5.73 Å². The van der Waals surface area contributed by atoms with E-state index in [4.69, 9.17) is 5.73 Å². The van der Waals surface area contributed by atoms with Gasteiger partial charge in [-0.15, -0.1) is 0 Å². The minimum atomic E-state index is 0.104. The summed E-state index contributed by atoms with van der Waals surface area (Å²) in [5, 5.41) is 4.45. The fourth-order valence-electron chi connectivity index (χ4n) is 2.66. The zero-order chi connectivity index (χ0) is 13.8. The van der Waals surface area contributed by atoms with Crippen LogP contribution in [0.5, 0.6) is 0 Å². The summed E-state index contributed by atoms with van der Waals surface area (Å²) in [7, 11) is 0. The van der Waals surface area contributed by atoms with Crippen molar-refractivity contribution in [1.82, 2.24) is 14.7 Å². The van der Waals surface area contributed by atoms with Gasteiger partial charge in [-0.2, -0.15) is 5.10 Å². The van der Waals surface area contributed by atoms with Crippen LogP contribution in [0.4, 0.5) is 0 Å². The topological polar surface area (TPSA) is 64.2 Å². The van der Waals surface area contributed by atoms with E-state index in [9.17, 15) is 4.79 Å².